The summed E-state index contributed by atoms with van der Waals surface area (Å²) in [6.07, 6.45) is 2.57. The number of rotatable bonds is 4. The van der Waals surface area contributed by atoms with E-state index in [9.17, 15) is 4.39 Å². The zero-order valence-electron chi connectivity index (χ0n) is 11.4. The van der Waals surface area contributed by atoms with Crippen LogP contribution in [-0.2, 0) is 6.54 Å². The fraction of sp³-hybridized carbons (Fsp3) is 0.600. The lowest BCUT2D eigenvalue weighted by molar-refractivity contribution is 0.216. The van der Waals surface area contributed by atoms with Crippen LogP contribution < -0.4 is 5.32 Å². The third-order valence-electron chi connectivity index (χ3n) is 3.82. The molecule has 1 aromatic rings. The van der Waals surface area contributed by atoms with Crippen LogP contribution in [-0.4, -0.2) is 31.6 Å². The smallest absolute Gasteiger partial charge is 0.126 e. The van der Waals surface area contributed by atoms with Crippen molar-refractivity contribution in [3.63, 3.8) is 0 Å². The summed E-state index contributed by atoms with van der Waals surface area (Å²) < 4.78 is 13.1. The molecule has 0 spiro atoms. The van der Waals surface area contributed by atoms with Gasteiger partial charge in [0.05, 0.1) is 0 Å². The molecule has 1 N–H and O–H groups in total. The number of benzene rings is 1. The van der Waals surface area contributed by atoms with Gasteiger partial charge in [-0.15, -0.1) is 0 Å². The lowest BCUT2D eigenvalue weighted by atomic mass is 9.97. The summed E-state index contributed by atoms with van der Waals surface area (Å²) in [6.45, 7) is 6.15. The van der Waals surface area contributed by atoms with Gasteiger partial charge in [-0.05, 0) is 69.6 Å². The molecule has 1 saturated heterocycles. The molecule has 1 aliphatic rings. The van der Waals surface area contributed by atoms with Crippen molar-refractivity contribution in [1.82, 2.24) is 10.2 Å². The Hall–Kier alpha value is -0.930. The molecule has 0 amide bonds. The van der Waals surface area contributed by atoms with Gasteiger partial charge in [0, 0.05) is 6.54 Å². The van der Waals surface area contributed by atoms with Gasteiger partial charge in [0.2, 0.25) is 0 Å². The maximum Gasteiger partial charge on any atom is 0.126 e. The van der Waals surface area contributed by atoms with Crippen LogP contribution in [0.5, 0.6) is 0 Å². The number of aryl methyl sites for hydroxylation is 1. The molecule has 0 radical (unpaired) electrons. The molecule has 18 heavy (non-hydrogen) atoms. The number of hydrogen-bond donors (Lipinski definition) is 1. The van der Waals surface area contributed by atoms with Crippen LogP contribution in [0.25, 0.3) is 0 Å². The molecule has 0 atom stereocenters. The molecule has 100 valence electrons. The van der Waals surface area contributed by atoms with E-state index in [0.717, 1.165) is 24.6 Å². The maximum absolute atomic E-state index is 13.1. The predicted octanol–water partition coefficient (Wildman–Crippen LogP) is 2.57. The van der Waals surface area contributed by atoms with Gasteiger partial charge in [-0.1, -0.05) is 12.1 Å². The Balaban J connectivity index is 1.73. The van der Waals surface area contributed by atoms with E-state index in [4.69, 9.17) is 0 Å². The van der Waals surface area contributed by atoms with Crippen molar-refractivity contribution < 1.29 is 4.39 Å². The summed E-state index contributed by atoms with van der Waals surface area (Å²) in [5.41, 5.74) is 1.90. The summed E-state index contributed by atoms with van der Waals surface area (Å²) in [4.78, 5) is 2.39. The quantitative estimate of drug-likeness (QED) is 0.883. The Morgan fingerprint density at radius 1 is 1.33 bits per heavy atom. The highest BCUT2D eigenvalue weighted by atomic mass is 19.1. The second kappa shape index (κ2) is 6.30. The summed E-state index contributed by atoms with van der Waals surface area (Å²) >= 11 is 0. The van der Waals surface area contributed by atoms with Crippen molar-refractivity contribution in [3.8, 4) is 0 Å². The van der Waals surface area contributed by atoms with Crippen LogP contribution in [0.3, 0.4) is 0 Å². The SMILES string of the molecule is Cc1cc(CNCC2CCN(C)CC2)ccc1F. The molecule has 2 nitrogen and oxygen atoms in total. The van der Waals surface area contributed by atoms with Crippen LogP contribution in [0.15, 0.2) is 18.2 Å². The van der Waals surface area contributed by atoms with Crippen molar-refractivity contribution >= 4 is 0 Å². The molecule has 0 aromatic heterocycles. The molecule has 1 aromatic carbocycles. The second-order valence-electron chi connectivity index (χ2n) is 5.46. The first kappa shape index (κ1) is 13.5. The normalized spacial score (nSPS) is 18.2. The average Bonchev–Trinajstić information content (AvgIpc) is 2.36. The summed E-state index contributed by atoms with van der Waals surface area (Å²) in [7, 11) is 2.19. The fourth-order valence-electron chi connectivity index (χ4n) is 2.50. The Kier molecular flexibility index (Phi) is 4.72. The van der Waals surface area contributed by atoms with Crippen molar-refractivity contribution in [2.45, 2.75) is 26.3 Å². The molecule has 1 fully saturated rings. The number of nitrogens with zero attached hydrogens (tertiary/aromatic N) is 1. The van der Waals surface area contributed by atoms with E-state index in [0.29, 0.717) is 0 Å². The lowest BCUT2D eigenvalue weighted by Crippen LogP contribution is -2.34. The molecular weight excluding hydrogens is 227 g/mol. The van der Waals surface area contributed by atoms with Gasteiger partial charge in [0.15, 0.2) is 0 Å². The first-order valence-corrected chi connectivity index (χ1v) is 6.79. The largest absolute Gasteiger partial charge is 0.312 e. The number of halogens is 1. The molecule has 1 heterocycles. The van der Waals surface area contributed by atoms with Gasteiger partial charge in [-0.25, -0.2) is 4.39 Å². The first-order valence-electron chi connectivity index (χ1n) is 6.79. The highest BCUT2D eigenvalue weighted by Gasteiger charge is 2.15. The number of nitrogens with one attached hydrogen (secondary N) is 1. The van der Waals surface area contributed by atoms with Gasteiger partial charge in [0.1, 0.15) is 5.82 Å². The fourth-order valence-corrected chi connectivity index (χ4v) is 2.50. The lowest BCUT2D eigenvalue weighted by Gasteiger charge is -2.29. The molecule has 3 heteroatoms. The van der Waals surface area contributed by atoms with Crippen LogP contribution in [0.2, 0.25) is 0 Å². The Bertz CT molecular complexity index is 384. The van der Waals surface area contributed by atoms with Crippen molar-refractivity contribution in [2.75, 3.05) is 26.7 Å². The van der Waals surface area contributed by atoms with Crippen molar-refractivity contribution in [1.29, 1.82) is 0 Å². The molecule has 0 aliphatic carbocycles. The van der Waals surface area contributed by atoms with E-state index in [1.54, 1.807) is 6.07 Å². The number of likely N-dealkylation sites (tertiary alicyclic amines) is 1. The minimum atomic E-state index is -0.117. The third-order valence-corrected chi connectivity index (χ3v) is 3.82. The minimum absolute atomic E-state index is 0.117. The standard InChI is InChI=1S/C15H23FN2/c1-12-9-14(3-4-15(12)16)11-17-10-13-5-7-18(2)8-6-13/h3-4,9,13,17H,5-8,10-11H2,1-2H3. The zero-order chi connectivity index (χ0) is 13.0. The van der Waals surface area contributed by atoms with Crippen molar-refractivity contribution in [2.24, 2.45) is 5.92 Å². The first-order chi connectivity index (χ1) is 8.65. The van der Waals surface area contributed by atoms with Gasteiger partial charge in [-0.3, -0.25) is 0 Å². The Morgan fingerprint density at radius 2 is 2.06 bits per heavy atom. The van der Waals surface area contributed by atoms with Gasteiger partial charge >= 0.3 is 0 Å². The minimum Gasteiger partial charge on any atom is -0.312 e. The van der Waals surface area contributed by atoms with Crippen molar-refractivity contribution in [3.05, 3.63) is 35.1 Å². The van der Waals surface area contributed by atoms with Crippen LogP contribution in [0.4, 0.5) is 4.39 Å². The van der Waals surface area contributed by atoms with E-state index in [-0.39, 0.29) is 5.82 Å². The number of hydrogen-bond acceptors (Lipinski definition) is 2. The highest BCUT2D eigenvalue weighted by Crippen LogP contribution is 2.15. The topological polar surface area (TPSA) is 15.3 Å². The molecular formula is C15H23FN2. The second-order valence-corrected chi connectivity index (χ2v) is 5.46. The average molecular weight is 250 g/mol. The van der Waals surface area contributed by atoms with Gasteiger partial charge in [0.25, 0.3) is 0 Å². The van der Waals surface area contributed by atoms with E-state index in [2.05, 4.69) is 17.3 Å². The third kappa shape index (κ3) is 3.79. The zero-order valence-corrected chi connectivity index (χ0v) is 11.4. The van der Waals surface area contributed by atoms with Crippen LogP contribution in [0, 0.1) is 18.7 Å². The summed E-state index contributed by atoms with van der Waals surface area (Å²) in [6, 6.07) is 5.35. The van der Waals surface area contributed by atoms with E-state index >= 15 is 0 Å². The number of piperidine rings is 1. The van der Waals surface area contributed by atoms with E-state index < -0.39 is 0 Å². The van der Waals surface area contributed by atoms with Crippen LogP contribution in [0.1, 0.15) is 24.0 Å². The maximum atomic E-state index is 13.1. The van der Waals surface area contributed by atoms with E-state index in [1.165, 1.54) is 31.5 Å². The van der Waals surface area contributed by atoms with E-state index in [1.807, 2.05) is 19.1 Å². The predicted molar refractivity (Wildman–Crippen MR) is 73.1 cm³/mol. The highest BCUT2D eigenvalue weighted by molar-refractivity contribution is 5.23. The Labute approximate surface area is 109 Å². The molecule has 0 unspecified atom stereocenters. The van der Waals surface area contributed by atoms with Gasteiger partial charge in [-0.2, -0.15) is 0 Å². The van der Waals surface area contributed by atoms with Crippen LogP contribution >= 0.6 is 0 Å². The monoisotopic (exact) mass is 250 g/mol. The molecule has 1 aliphatic heterocycles. The van der Waals surface area contributed by atoms with Gasteiger partial charge < -0.3 is 10.2 Å². The molecule has 0 bridgehead atoms. The Morgan fingerprint density at radius 3 is 2.72 bits per heavy atom. The summed E-state index contributed by atoms with van der Waals surface area (Å²) in [5.74, 6) is 0.678. The summed E-state index contributed by atoms with van der Waals surface area (Å²) in [5, 5.41) is 3.49. The molecule has 2 rings (SSSR count). The molecule has 0 saturated carbocycles.